The monoisotopic (exact) mass is 369 g/mol. The van der Waals surface area contributed by atoms with Crippen LogP contribution < -0.4 is 5.32 Å². The molecule has 0 aromatic heterocycles. The lowest BCUT2D eigenvalue weighted by Gasteiger charge is -2.32. The van der Waals surface area contributed by atoms with Crippen molar-refractivity contribution in [2.45, 2.75) is 37.9 Å². The molecule has 0 spiro atoms. The summed E-state index contributed by atoms with van der Waals surface area (Å²) in [6, 6.07) is 0. The number of carbonyl (C=O) groups excluding carboxylic acids is 1. The van der Waals surface area contributed by atoms with Crippen LogP contribution in [-0.4, -0.2) is 79.2 Å². The molecule has 2 aliphatic heterocycles. The summed E-state index contributed by atoms with van der Waals surface area (Å²) < 4.78 is 11.5. The summed E-state index contributed by atoms with van der Waals surface area (Å²) in [5.41, 5.74) is 0. The molecule has 1 amide bonds. The van der Waals surface area contributed by atoms with Crippen molar-refractivity contribution in [3.05, 3.63) is 24.7 Å². The molecule has 2 N–H and O–H groups in total. The highest BCUT2D eigenvalue weighted by Crippen LogP contribution is 2.39. The maximum Gasteiger partial charge on any atom is 0.222 e. The Balaban J connectivity index is 2.09. The standard InChI is InChI=1S/C17H28N3O4P/c1-11-18-14(19-12(2)21)7-9-20(11)17-16(23-3)15(22)13(24-17)8-10-25(4,5)6/h7,9,13,15-17,22H,1,4,8,10H2,2-3,5-6H3,(H,18,19,21)/t13-,15-,16-,17-/m1/s1. The first-order valence-corrected chi connectivity index (χ1v) is 11.2. The van der Waals surface area contributed by atoms with Gasteiger partial charge in [-0.3, -0.25) is 4.79 Å². The van der Waals surface area contributed by atoms with Gasteiger partial charge in [-0.25, -0.2) is 4.99 Å². The molecule has 1 saturated heterocycles. The van der Waals surface area contributed by atoms with E-state index in [9.17, 15) is 9.90 Å². The fourth-order valence-corrected chi connectivity index (χ4v) is 3.82. The van der Waals surface area contributed by atoms with Gasteiger partial charge in [-0.2, -0.15) is 0 Å². The van der Waals surface area contributed by atoms with E-state index in [-0.39, 0.29) is 12.0 Å². The first-order chi connectivity index (χ1) is 11.6. The molecule has 1 fully saturated rings. The molecule has 2 aliphatic rings. The number of aliphatic imine (C=N–C) groups is 1. The highest BCUT2D eigenvalue weighted by molar-refractivity contribution is 7.72. The second kappa shape index (κ2) is 7.87. The molecule has 0 aliphatic carbocycles. The Labute approximate surface area is 149 Å². The second-order valence-electron chi connectivity index (χ2n) is 7.02. The van der Waals surface area contributed by atoms with Gasteiger partial charge < -0.3 is 24.8 Å². The Kier molecular flexibility index (Phi) is 6.27. The van der Waals surface area contributed by atoms with Gasteiger partial charge in [0.05, 0.1) is 6.10 Å². The lowest BCUT2D eigenvalue weighted by atomic mass is 10.1. The third-order valence-corrected chi connectivity index (χ3v) is 5.59. The summed E-state index contributed by atoms with van der Waals surface area (Å²) >= 11 is 0. The summed E-state index contributed by atoms with van der Waals surface area (Å²) in [6.07, 6.45) is 7.15. The Bertz CT molecular complexity index is 640. The molecule has 0 unspecified atom stereocenters. The van der Waals surface area contributed by atoms with Crippen LogP contribution in [0.1, 0.15) is 13.3 Å². The molecule has 7 nitrogen and oxygen atoms in total. The van der Waals surface area contributed by atoms with Crippen LogP contribution in [0.15, 0.2) is 29.7 Å². The maximum atomic E-state index is 11.1. The molecule has 2 heterocycles. The summed E-state index contributed by atoms with van der Waals surface area (Å²) in [6.45, 7) is 8.45. The molecule has 4 atom stereocenters. The van der Waals surface area contributed by atoms with Crippen molar-refractivity contribution in [3.8, 4) is 0 Å². The number of rotatable bonds is 5. The van der Waals surface area contributed by atoms with Gasteiger partial charge in [0, 0.05) is 20.2 Å². The van der Waals surface area contributed by atoms with E-state index in [2.05, 4.69) is 36.5 Å². The number of aliphatic hydroxyl groups excluding tert-OH is 1. The molecule has 0 aromatic rings. The van der Waals surface area contributed by atoms with Gasteiger partial charge in [0.1, 0.15) is 23.9 Å². The molecule has 0 radical (unpaired) electrons. The average molecular weight is 369 g/mol. The Morgan fingerprint density at radius 1 is 1.56 bits per heavy atom. The third kappa shape index (κ3) is 5.05. The first-order valence-electron chi connectivity index (χ1n) is 8.18. The highest BCUT2D eigenvalue weighted by atomic mass is 31.2. The lowest BCUT2D eigenvalue weighted by molar-refractivity contribution is -0.117. The quantitative estimate of drug-likeness (QED) is 0.707. The maximum absolute atomic E-state index is 11.1. The number of methoxy groups -OCH3 is 1. The predicted octanol–water partition coefficient (Wildman–Crippen LogP) is 1.02. The van der Waals surface area contributed by atoms with E-state index in [1.807, 2.05) is 0 Å². The van der Waals surface area contributed by atoms with Gasteiger partial charge in [-0.1, -0.05) is 6.58 Å². The number of nitrogens with zero attached hydrogens (tertiary/aromatic N) is 2. The zero-order valence-electron chi connectivity index (χ0n) is 15.3. The number of amides is 1. The SMILES string of the molecule is C=C1N=C(NC(C)=O)C=CN1[C@@H]1O[C@H](CCP(=C)(C)C)[C@@H](O)[C@H]1OC. The van der Waals surface area contributed by atoms with E-state index in [1.165, 1.54) is 6.92 Å². The topological polar surface area (TPSA) is 83.4 Å². The lowest BCUT2D eigenvalue weighted by Crippen LogP contribution is -2.43. The number of aliphatic hydroxyl groups is 1. The molecular weight excluding hydrogens is 341 g/mol. The van der Waals surface area contributed by atoms with E-state index in [1.54, 1.807) is 24.3 Å². The minimum atomic E-state index is -1.20. The van der Waals surface area contributed by atoms with Crippen LogP contribution in [0.4, 0.5) is 0 Å². The Morgan fingerprint density at radius 3 is 2.76 bits per heavy atom. The first kappa shape index (κ1) is 19.9. The van der Waals surface area contributed by atoms with Crippen LogP contribution in [0.25, 0.3) is 0 Å². The fraction of sp³-hybridized carbons (Fsp3) is 0.588. The number of ether oxygens (including phenoxy) is 2. The van der Waals surface area contributed by atoms with Crippen LogP contribution >= 0.6 is 6.89 Å². The third-order valence-electron chi connectivity index (χ3n) is 4.12. The molecule has 0 bridgehead atoms. The molecule has 140 valence electrons. The van der Waals surface area contributed by atoms with E-state index in [4.69, 9.17) is 9.47 Å². The zero-order chi connectivity index (χ0) is 18.8. The van der Waals surface area contributed by atoms with Crippen molar-refractivity contribution in [2.75, 3.05) is 26.6 Å². The van der Waals surface area contributed by atoms with Gasteiger partial charge in [0.15, 0.2) is 6.23 Å². The zero-order valence-corrected chi connectivity index (χ0v) is 16.2. The number of amidine groups is 1. The van der Waals surface area contributed by atoms with Gasteiger partial charge in [0.2, 0.25) is 5.91 Å². The van der Waals surface area contributed by atoms with Crippen LogP contribution in [0.5, 0.6) is 0 Å². The Hall–Kier alpha value is -1.40. The number of hydrogen-bond donors (Lipinski definition) is 2. The van der Waals surface area contributed by atoms with Crippen molar-refractivity contribution in [1.29, 1.82) is 0 Å². The minimum absolute atomic E-state index is 0.203. The summed E-state index contributed by atoms with van der Waals surface area (Å²) in [5.74, 6) is 0.628. The van der Waals surface area contributed by atoms with E-state index < -0.39 is 25.3 Å². The van der Waals surface area contributed by atoms with Gasteiger partial charge in [0.25, 0.3) is 0 Å². The Morgan fingerprint density at radius 2 is 2.24 bits per heavy atom. The minimum Gasteiger partial charge on any atom is -0.388 e. The van der Waals surface area contributed by atoms with Crippen molar-refractivity contribution < 1.29 is 19.4 Å². The molecule has 25 heavy (non-hydrogen) atoms. The van der Waals surface area contributed by atoms with Crippen molar-refractivity contribution >= 4 is 24.9 Å². The molecule has 0 aromatic carbocycles. The average Bonchev–Trinajstić information content (AvgIpc) is 2.80. The summed E-state index contributed by atoms with van der Waals surface area (Å²) in [4.78, 5) is 17.1. The van der Waals surface area contributed by atoms with Gasteiger partial charge >= 0.3 is 0 Å². The van der Waals surface area contributed by atoms with Gasteiger partial charge in [-0.05, 0) is 32.0 Å². The summed E-state index contributed by atoms with van der Waals surface area (Å²) in [5, 5.41) is 13.2. The highest BCUT2D eigenvalue weighted by Gasteiger charge is 2.46. The molecule has 2 rings (SSSR count). The van der Waals surface area contributed by atoms with Crippen molar-refractivity contribution in [3.63, 3.8) is 0 Å². The summed E-state index contributed by atoms with van der Waals surface area (Å²) in [7, 11) is 1.55. The molecule has 8 heteroatoms. The predicted molar refractivity (Wildman–Crippen MR) is 102 cm³/mol. The van der Waals surface area contributed by atoms with Crippen molar-refractivity contribution in [1.82, 2.24) is 10.2 Å². The van der Waals surface area contributed by atoms with Crippen LogP contribution in [-0.2, 0) is 14.3 Å². The van der Waals surface area contributed by atoms with Crippen molar-refractivity contribution in [2.24, 2.45) is 4.99 Å². The number of nitrogens with one attached hydrogen (secondary N) is 1. The fourth-order valence-electron chi connectivity index (χ4n) is 2.87. The number of carbonyl (C=O) groups is 1. The second-order valence-corrected chi connectivity index (χ2v) is 11.3. The number of hydrogen-bond acceptors (Lipinski definition) is 6. The van der Waals surface area contributed by atoms with Crippen LogP contribution in [0.2, 0.25) is 0 Å². The van der Waals surface area contributed by atoms with Crippen LogP contribution in [0.3, 0.4) is 0 Å². The molecular formula is C17H28N3O4P. The van der Waals surface area contributed by atoms with Crippen LogP contribution in [0, 0.1) is 0 Å². The smallest absolute Gasteiger partial charge is 0.222 e. The van der Waals surface area contributed by atoms with Gasteiger partial charge in [-0.15, -0.1) is 13.2 Å². The van der Waals surface area contributed by atoms with E-state index in [0.29, 0.717) is 11.7 Å². The van der Waals surface area contributed by atoms with E-state index in [0.717, 1.165) is 12.6 Å². The van der Waals surface area contributed by atoms with E-state index >= 15 is 0 Å². The normalized spacial score (nSPS) is 29.7. The largest absolute Gasteiger partial charge is 0.388 e. The molecule has 0 saturated carbocycles.